The Hall–Kier alpha value is -1.55. The number of methoxy groups -OCH3 is 2. The summed E-state index contributed by atoms with van der Waals surface area (Å²) in [6, 6.07) is 7.53. The van der Waals surface area contributed by atoms with E-state index in [1.54, 1.807) is 7.11 Å². The van der Waals surface area contributed by atoms with Crippen molar-refractivity contribution in [2.75, 3.05) is 14.2 Å². The first kappa shape index (κ1) is 14.5. The third kappa shape index (κ3) is 4.37. The molecule has 0 aliphatic carbocycles. The molecule has 0 amide bonds. The Morgan fingerprint density at radius 3 is 2.78 bits per heavy atom. The maximum absolute atomic E-state index is 11.5. The first-order chi connectivity index (χ1) is 8.71. The van der Waals surface area contributed by atoms with Crippen LogP contribution in [0, 0.1) is 0 Å². The van der Waals surface area contributed by atoms with Gasteiger partial charge in [-0.3, -0.25) is 4.79 Å². The van der Waals surface area contributed by atoms with Crippen molar-refractivity contribution in [1.29, 1.82) is 0 Å². The Labute approximate surface area is 108 Å². The zero-order chi connectivity index (χ0) is 13.4. The molecule has 0 aliphatic heterocycles. The van der Waals surface area contributed by atoms with E-state index in [2.05, 4.69) is 5.32 Å². The molecule has 100 valence electrons. The number of rotatable bonds is 7. The fraction of sp³-hybridized carbons (Fsp3) is 0.500. The highest BCUT2D eigenvalue weighted by Gasteiger charge is 2.16. The van der Waals surface area contributed by atoms with Crippen molar-refractivity contribution in [1.82, 2.24) is 5.32 Å². The SMILES string of the molecule is CCC[C@@H](NCc1cccc(OC)c1)C(=O)OC. The van der Waals surface area contributed by atoms with Gasteiger partial charge in [-0.25, -0.2) is 0 Å². The topological polar surface area (TPSA) is 47.6 Å². The van der Waals surface area contributed by atoms with E-state index >= 15 is 0 Å². The van der Waals surface area contributed by atoms with Crippen LogP contribution in [-0.4, -0.2) is 26.2 Å². The van der Waals surface area contributed by atoms with Crippen LogP contribution < -0.4 is 10.1 Å². The second-order valence-electron chi connectivity index (χ2n) is 4.10. The summed E-state index contributed by atoms with van der Waals surface area (Å²) < 4.78 is 9.93. The van der Waals surface area contributed by atoms with Gasteiger partial charge in [-0.2, -0.15) is 0 Å². The van der Waals surface area contributed by atoms with Crippen molar-refractivity contribution in [3.63, 3.8) is 0 Å². The van der Waals surface area contributed by atoms with Gasteiger partial charge in [-0.15, -0.1) is 0 Å². The van der Waals surface area contributed by atoms with Crippen molar-refractivity contribution >= 4 is 5.97 Å². The molecule has 0 aromatic heterocycles. The summed E-state index contributed by atoms with van der Waals surface area (Å²) in [6.07, 6.45) is 1.71. The van der Waals surface area contributed by atoms with Crippen LogP contribution >= 0.6 is 0 Å². The van der Waals surface area contributed by atoms with Crippen LogP contribution in [0.1, 0.15) is 25.3 Å². The van der Waals surface area contributed by atoms with Crippen LogP contribution in [0.3, 0.4) is 0 Å². The van der Waals surface area contributed by atoms with Crippen molar-refractivity contribution in [2.24, 2.45) is 0 Å². The Bertz CT molecular complexity index is 379. The molecule has 0 bridgehead atoms. The molecule has 0 spiro atoms. The van der Waals surface area contributed by atoms with Gasteiger partial charge in [-0.1, -0.05) is 25.5 Å². The molecule has 0 heterocycles. The molecule has 1 rings (SSSR count). The summed E-state index contributed by atoms with van der Waals surface area (Å²) in [7, 11) is 3.05. The van der Waals surface area contributed by atoms with E-state index in [4.69, 9.17) is 9.47 Å². The summed E-state index contributed by atoms with van der Waals surface area (Å²) in [5.74, 6) is 0.610. The van der Waals surface area contributed by atoms with Crippen LogP contribution in [0.15, 0.2) is 24.3 Å². The van der Waals surface area contributed by atoms with E-state index in [9.17, 15) is 4.79 Å². The number of hydrogen-bond acceptors (Lipinski definition) is 4. The first-order valence-corrected chi connectivity index (χ1v) is 6.15. The van der Waals surface area contributed by atoms with Crippen LogP contribution in [0.25, 0.3) is 0 Å². The first-order valence-electron chi connectivity index (χ1n) is 6.15. The molecule has 0 aliphatic rings. The highest BCUT2D eigenvalue weighted by atomic mass is 16.5. The van der Waals surface area contributed by atoms with Gasteiger partial charge in [-0.05, 0) is 24.1 Å². The lowest BCUT2D eigenvalue weighted by molar-refractivity contribution is -0.143. The maximum atomic E-state index is 11.5. The van der Waals surface area contributed by atoms with Gasteiger partial charge in [0.05, 0.1) is 14.2 Å². The molecular formula is C14H21NO3. The Balaban J connectivity index is 2.57. The molecule has 1 aromatic carbocycles. The van der Waals surface area contributed by atoms with Gasteiger partial charge in [0.25, 0.3) is 0 Å². The van der Waals surface area contributed by atoms with Gasteiger partial charge < -0.3 is 14.8 Å². The number of nitrogens with one attached hydrogen (secondary N) is 1. The molecule has 0 radical (unpaired) electrons. The average Bonchev–Trinajstić information content (AvgIpc) is 2.42. The van der Waals surface area contributed by atoms with Crippen LogP contribution in [0.5, 0.6) is 5.75 Å². The summed E-state index contributed by atoms with van der Waals surface area (Å²) in [6.45, 7) is 2.67. The van der Waals surface area contributed by atoms with Gasteiger partial charge in [0.1, 0.15) is 11.8 Å². The van der Waals surface area contributed by atoms with Crippen molar-refractivity contribution in [3.8, 4) is 5.75 Å². The maximum Gasteiger partial charge on any atom is 0.322 e. The minimum Gasteiger partial charge on any atom is -0.497 e. The monoisotopic (exact) mass is 251 g/mol. The Morgan fingerprint density at radius 2 is 2.17 bits per heavy atom. The Kier molecular flexibility index (Phi) is 6.22. The minimum atomic E-state index is -0.244. The van der Waals surface area contributed by atoms with Crippen molar-refractivity contribution in [3.05, 3.63) is 29.8 Å². The van der Waals surface area contributed by atoms with Gasteiger partial charge >= 0.3 is 5.97 Å². The number of hydrogen-bond donors (Lipinski definition) is 1. The lowest BCUT2D eigenvalue weighted by Gasteiger charge is -2.15. The molecule has 0 unspecified atom stereocenters. The summed E-state index contributed by atoms with van der Waals surface area (Å²) in [5, 5.41) is 3.21. The average molecular weight is 251 g/mol. The Morgan fingerprint density at radius 1 is 1.39 bits per heavy atom. The van der Waals surface area contributed by atoms with Gasteiger partial charge in [0.2, 0.25) is 0 Å². The number of carbonyl (C=O) groups is 1. The molecular weight excluding hydrogens is 230 g/mol. The van der Waals surface area contributed by atoms with E-state index < -0.39 is 0 Å². The summed E-state index contributed by atoms with van der Waals surface area (Å²) in [4.78, 5) is 11.5. The third-order valence-electron chi connectivity index (χ3n) is 2.75. The predicted octanol–water partition coefficient (Wildman–Crippen LogP) is 2.13. The zero-order valence-corrected chi connectivity index (χ0v) is 11.2. The third-order valence-corrected chi connectivity index (χ3v) is 2.75. The molecule has 18 heavy (non-hydrogen) atoms. The van der Waals surface area contributed by atoms with E-state index in [1.165, 1.54) is 7.11 Å². The fourth-order valence-corrected chi connectivity index (χ4v) is 1.76. The largest absolute Gasteiger partial charge is 0.497 e. The van der Waals surface area contributed by atoms with E-state index in [-0.39, 0.29) is 12.0 Å². The molecule has 4 heteroatoms. The molecule has 0 saturated heterocycles. The molecule has 0 fully saturated rings. The van der Waals surface area contributed by atoms with Gasteiger partial charge in [0, 0.05) is 6.54 Å². The molecule has 0 saturated carbocycles. The highest BCUT2D eigenvalue weighted by Crippen LogP contribution is 2.12. The second kappa shape index (κ2) is 7.71. The lowest BCUT2D eigenvalue weighted by Crippen LogP contribution is -2.37. The molecule has 1 aromatic rings. The smallest absolute Gasteiger partial charge is 0.322 e. The quantitative estimate of drug-likeness (QED) is 0.754. The molecule has 4 nitrogen and oxygen atoms in total. The van der Waals surface area contributed by atoms with Crippen LogP contribution in [0.4, 0.5) is 0 Å². The second-order valence-corrected chi connectivity index (χ2v) is 4.10. The van der Waals surface area contributed by atoms with Crippen LogP contribution in [0.2, 0.25) is 0 Å². The number of benzene rings is 1. The predicted molar refractivity (Wildman–Crippen MR) is 70.5 cm³/mol. The summed E-state index contributed by atoms with van der Waals surface area (Å²) >= 11 is 0. The number of carbonyl (C=O) groups excluding carboxylic acids is 1. The molecule has 1 N–H and O–H groups in total. The zero-order valence-electron chi connectivity index (χ0n) is 11.2. The van der Waals surface area contributed by atoms with Gasteiger partial charge in [0.15, 0.2) is 0 Å². The fourth-order valence-electron chi connectivity index (χ4n) is 1.76. The van der Waals surface area contributed by atoms with E-state index in [1.807, 2.05) is 31.2 Å². The highest BCUT2D eigenvalue weighted by molar-refractivity contribution is 5.75. The standard InChI is InChI=1S/C14H21NO3/c1-4-6-13(14(16)18-3)15-10-11-7-5-8-12(9-11)17-2/h5,7-9,13,15H,4,6,10H2,1-3H3/t13-/m1/s1. The minimum absolute atomic E-state index is 0.209. The molecule has 1 atom stereocenters. The summed E-state index contributed by atoms with van der Waals surface area (Å²) in [5.41, 5.74) is 1.08. The normalized spacial score (nSPS) is 11.9. The van der Waals surface area contributed by atoms with Crippen LogP contribution in [-0.2, 0) is 16.1 Å². The number of esters is 1. The lowest BCUT2D eigenvalue weighted by atomic mass is 10.1. The van der Waals surface area contributed by atoms with E-state index in [0.29, 0.717) is 6.54 Å². The van der Waals surface area contributed by atoms with Crippen molar-refractivity contribution < 1.29 is 14.3 Å². The van der Waals surface area contributed by atoms with E-state index in [0.717, 1.165) is 24.2 Å². The number of ether oxygens (including phenoxy) is 2. The van der Waals surface area contributed by atoms with Crippen molar-refractivity contribution in [2.45, 2.75) is 32.4 Å².